The maximum atomic E-state index is 11.6. The van der Waals surface area contributed by atoms with Crippen LogP contribution in [0.2, 0.25) is 0 Å². The first-order valence-corrected chi connectivity index (χ1v) is 5.17. The van der Waals surface area contributed by atoms with Crippen molar-refractivity contribution in [3.63, 3.8) is 0 Å². The van der Waals surface area contributed by atoms with Gasteiger partial charge in [-0.1, -0.05) is 5.10 Å². The zero-order chi connectivity index (χ0) is 11.5. The van der Waals surface area contributed by atoms with Crippen LogP contribution in [0.3, 0.4) is 0 Å². The predicted octanol–water partition coefficient (Wildman–Crippen LogP) is 1.79. The monoisotopic (exact) mass is 282 g/mol. The van der Waals surface area contributed by atoms with Gasteiger partial charge in [-0.05, 0) is 28.1 Å². The first-order chi connectivity index (χ1) is 7.65. The molecule has 0 bridgehead atoms. The molecule has 0 aliphatic rings. The first-order valence-electron chi connectivity index (χ1n) is 4.38. The van der Waals surface area contributed by atoms with Crippen LogP contribution in [0.15, 0.2) is 27.3 Å². The Labute approximate surface area is 99.2 Å². The van der Waals surface area contributed by atoms with Gasteiger partial charge in [0.25, 0.3) is 5.91 Å². The van der Waals surface area contributed by atoms with E-state index in [4.69, 9.17) is 4.42 Å². The highest BCUT2D eigenvalue weighted by atomic mass is 79.9. The summed E-state index contributed by atoms with van der Waals surface area (Å²) in [6, 6.07) is 3.38. The van der Waals surface area contributed by atoms with Gasteiger partial charge in [-0.25, -0.2) is 4.98 Å². The van der Waals surface area contributed by atoms with Crippen LogP contribution in [0.1, 0.15) is 16.2 Å². The van der Waals surface area contributed by atoms with Gasteiger partial charge in [-0.15, -0.1) is 5.10 Å². The Kier molecular flexibility index (Phi) is 2.95. The molecular formula is C9H7BrN4O2. The maximum Gasteiger partial charge on any atom is 0.322 e. The molecule has 0 aliphatic carbocycles. The van der Waals surface area contributed by atoms with Gasteiger partial charge in [-0.3, -0.25) is 10.1 Å². The summed E-state index contributed by atoms with van der Waals surface area (Å²) in [7, 11) is 0. The molecule has 0 saturated heterocycles. The quantitative estimate of drug-likeness (QED) is 0.850. The highest BCUT2D eigenvalue weighted by molar-refractivity contribution is 9.10. The lowest BCUT2D eigenvalue weighted by atomic mass is 10.3. The molecule has 0 saturated carbocycles. The van der Waals surface area contributed by atoms with Crippen LogP contribution in [0, 0.1) is 6.92 Å². The number of aromatic nitrogens is 3. The molecule has 1 N–H and O–H groups in total. The number of rotatable bonds is 2. The Bertz CT molecular complexity index is 508. The van der Waals surface area contributed by atoms with Crippen molar-refractivity contribution >= 4 is 27.9 Å². The fourth-order valence-electron chi connectivity index (χ4n) is 1.03. The molecule has 2 aromatic rings. The number of carbonyl (C=O) groups excluding carboxylic acids is 1. The number of anilines is 1. The topological polar surface area (TPSA) is 80.9 Å². The van der Waals surface area contributed by atoms with Gasteiger partial charge < -0.3 is 4.42 Å². The molecule has 0 fully saturated rings. The van der Waals surface area contributed by atoms with E-state index in [-0.39, 0.29) is 11.9 Å². The van der Waals surface area contributed by atoms with Crippen molar-refractivity contribution in [2.24, 2.45) is 0 Å². The molecule has 0 unspecified atom stereocenters. The van der Waals surface area contributed by atoms with E-state index in [0.29, 0.717) is 16.1 Å². The minimum Gasteiger partial charge on any atom is -0.408 e. The molecule has 1 amide bonds. The molecule has 2 rings (SSSR count). The number of nitrogens with zero attached hydrogens (tertiary/aromatic N) is 3. The minimum atomic E-state index is -0.344. The maximum absolute atomic E-state index is 11.6. The van der Waals surface area contributed by atoms with Gasteiger partial charge >= 0.3 is 6.01 Å². The second-order valence-electron chi connectivity index (χ2n) is 2.95. The summed E-state index contributed by atoms with van der Waals surface area (Å²) >= 11 is 3.18. The van der Waals surface area contributed by atoms with E-state index >= 15 is 0 Å². The molecule has 0 aliphatic heterocycles. The third-order valence-corrected chi connectivity index (χ3v) is 2.21. The van der Waals surface area contributed by atoms with E-state index in [9.17, 15) is 4.79 Å². The van der Waals surface area contributed by atoms with E-state index in [1.54, 1.807) is 19.1 Å². The number of aryl methyl sites for hydroxylation is 1. The average molecular weight is 283 g/mol. The number of amides is 1. The molecule has 0 aromatic carbocycles. The highest BCUT2D eigenvalue weighted by Gasteiger charge is 2.10. The highest BCUT2D eigenvalue weighted by Crippen LogP contribution is 2.09. The molecule has 0 radical (unpaired) electrons. The third kappa shape index (κ3) is 2.43. The predicted molar refractivity (Wildman–Crippen MR) is 58.9 cm³/mol. The molecule has 0 spiro atoms. The molecule has 2 aromatic heterocycles. The SMILES string of the molecule is Cc1nnc(NC(=O)c2ccc(Br)nc2)o1. The van der Waals surface area contributed by atoms with Crippen LogP contribution < -0.4 is 5.32 Å². The smallest absolute Gasteiger partial charge is 0.322 e. The van der Waals surface area contributed by atoms with Gasteiger partial charge in [0.05, 0.1) is 5.56 Å². The fraction of sp³-hybridized carbons (Fsp3) is 0.111. The van der Waals surface area contributed by atoms with Crippen molar-refractivity contribution in [2.45, 2.75) is 6.92 Å². The Balaban J connectivity index is 2.11. The van der Waals surface area contributed by atoms with E-state index in [1.165, 1.54) is 6.20 Å². The lowest BCUT2D eigenvalue weighted by molar-refractivity contribution is 0.102. The Morgan fingerprint density at radius 2 is 2.25 bits per heavy atom. The van der Waals surface area contributed by atoms with E-state index in [2.05, 4.69) is 36.4 Å². The van der Waals surface area contributed by atoms with Crippen LogP contribution in [-0.2, 0) is 0 Å². The Hall–Kier alpha value is -1.76. The lowest BCUT2D eigenvalue weighted by Crippen LogP contribution is -2.12. The zero-order valence-electron chi connectivity index (χ0n) is 8.27. The molecule has 82 valence electrons. The van der Waals surface area contributed by atoms with Crippen molar-refractivity contribution in [1.29, 1.82) is 0 Å². The summed E-state index contributed by atoms with van der Waals surface area (Å²) in [5, 5.41) is 9.71. The van der Waals surface area contributed by atoms with Gasteiger partial charge in [-0.2, -0.15) is 0 Å². The first kappa shape index (κ1) is 10.7. The summed E-state index contributed by atoms with van der Waals surface area (Å²) in [4.78, 5) is 15.6. The molecule has 2 heterocycles. The van der Waals surface area contributed by atoms with Crippen molar-refractivity contribution in [1.82, 2.24) is 15.2 Å². The molecule has 7 heteroatoms. The molecular weight excluding hydrogens is 276 g/mol. The van der Waals surface area contributed by atoms with Crippen LogP contribution in [0.5, 0.6) is 0 Å². The van der Waals surface area contributed by atoms with E-state index in [1.807, 2.05) is 0 Å². The summed E-state index contributed by atoms with van der Waals surface area (Å²) in [6.07, 6.45) is 1.45. The number of hydrogen-bond donors (Lipinski definition) is 1. The summed E-state index contributed by atoms with van der Waals surface area (Å²) in [6.45, 7) is 1.64. The largest absolute Gasteiger partial charge is 0.408 e. The number of hydrogen-bond acceptors (Lipinski definition) is 5. The molecule has 0 atom stereocenters. The van der Waals surface area contributed by atoms with Gasteiger partial charge in [0.15, 0.2) is 0 Å². The molecule has 16 heavy (non-hydrogen) atoms. The fourth-order valence-corrected chi connectivity index (χ4v) is 1.26. The van der Waals surface area contributed by atoms with Crippen LogP contribution in [0.25, 0.3) is 0 Å². The number of nitrogens with one attached hydrogen (secondary N) is 1. The van der Waals surface area contributed by atoms with Crippen LogP contribution in [0.4, 0.5) is 6.01 Å². The van der Waals surface area contributed by atoms with Crippen molar-refractivity contribution in [3.8, 4) is 0 Å². The summed E-state index contributed by atoms with van der Waals surface area (Å²) in [5.74, 6) is 0.0490. The number of carbonyl (C=O) groups is 1. The van der Waals surface area contributed by atoms with Crippen molar-refractivity contribution in [3.05, 3.63) is 34.4 Å². The Morgan fingerprint density at radius 1 is 1.44 bits per heavy atom. The normalized spacial score (nSPS) is 10.1. The Morgan fingerprint density at radius 3 is 2.81 bits per heavy atom. The van der Waals surface area contributed by atoms with Gasteiger partial charge in [0.1, 0.15) is 4.60 Å². The lowest BCUT2D eigenvalue weighted by Gasteiger charge is -1.99. The summed E-state index contributed by atoms with van der Waals surface area (Å²) in [5.41, 5.74) is 0.416. The van der Waals surface area contributed by atoms with Crippen molar-refractivity contribution < 1.29 is 9.21 Å². The second-order valence-corrected chi connectivity index (χ2v) is 3.76. The standard InChI is InChI=1S/C9H7BrN4O2/c1-5-13-14-9(16-5)12-8(15)6-2-3-7(10)11-4-6/h2-4H,1H3,(H,12,14,15). The zero-order valence-corrected chi connectivity index (χ0v) is 9.85. The van der Waals surface area contributed by atoms with E-state index in [0.717, 1.165) is 0 Å². The van der Waals surface area contributed by atoms with E-state index < -0.39 is 0 Å². The van der Waals surface area contributed by atoms with Crippen molar-refractivity contribution in [2.75, 3.05) is 5.32 Å². The van der Waals surface area contributed by atoms with Gasteiger partial charge in [0, 0.05) is 13.1 Å². The minimum absolute atomic E-state index is 0.0745. The summed E-state index contributed by atoms with van der Waals surface area (Å²) < 4.78 is 5.68. The molecule has 6 nitrogen and oxygen atoms in total. The average Bonchev–Trinajstić information content (AvgIpc) is 2.65. The van der Waals surface area contributed by atoms with Crippen LogP contribution in [-0.4, -0.2) is 21.1 Å². The second kappa shape index (κ2) is 4.40. The van der Waals surface area contributed by atoms with Crippen LogP contribution >= 0.6 is 15.9 Å². The van der Waals surface area contributed by atoms with Gasteiger partial charge in [0.2, 0.25) is 5.89 Å². The number of halogens is 1. The third-order valence-electron chi connectivity index (χ3n) is 1.74. The number of pyridine rings is 1.